The topological polar surface area (TPSA) is 86.3 Å². The number of hydrogen-bond donors (Lipinski definition) is 3. The van der Waals surface area contributed by atoms with Crippen LogP contribution in [0.1, 0.15) is 5.69 Å². The minimum Gasteiger partial charge on any atom is -0.335 e. The third-order valence-corrected chi connectivity index (χ3v) is 3.39. The molecular formula is C16H19N8+. The van der Waals surface area contributed by atoms with Gasteiger partial charge in [0.05, 0.1) is 13.2 Å². The number of nitrogens with one attached hydrogen (secondary N) is 3. The van der Waals surface area contributed by atoms with Crippen LogP contribution in [-0.4, -0.2) is 20.6 Å². The lowest BCUT2D eigenvalue weighted by Crippen LogP contribution is -2.39. The average Bonchev–Trinajstić information content (AvgIpc) is 3.12. The van der Waals surface area contributed by atoms with Crippen molar-refractivity contribution in [2.24, 2.45) is 24.3 Å². The fourth-order valence-corrected chi connectivity index (χ4v) is 2.03. The van der Waals surface area contributed by atoms with Crippen molar-refractivity contribution >= 4 is 11.7 Å². The number of pyridine rings is 2. The number of hydrazine groups is 1. The molecule has 0 aromatic carbocycles. The molecule has 0 aliphatic carbocycles. The summed E-state index contributed by atoms with van der Waals surface area (Å²) in [6, 6.07) is 13.4. The molecule has 0 bridgehead atoms. The van der Waals surface area contributed by atoms with Crippen LogP contribution >= 0.6 is 0 Å². The van der Waals surface area contributed by atoms with E-state index in [2.05, 4.69) is 31.3 Å². The number of nitrogens with zero attached hydrogens (tertiary/aromatic N) is 5. The first-order chi connectivity index (χ1) is 11.7. The van der Waals surface area contributed by atoms with Gasteiger partial charge in [-0.3, -0.25) is 5.10 Å². The lowest BCUT2D eigenvalue weighted by Gasteiger charge is -2.05. The minimum atomic E-state index is 0.504. The van der Waals surface area contributed by atoms with Crippen LogP contribution in [0.25, 0.3) is 0 Å². The Hall–Kier alpha value is -3.42. The summed E-state index contributed by atoms with van der Waals surface area (Å²) in [5.41, 5.74) is 7.57. The Morgan fingerprint density at radius 2 is 2.08 bits per heavy atom. The molecule has 8 nitrogen and oxygen atoms in total. The van der Waals surface area contributed by atoms with E-state index in [1.807, 2.05) is 78.1 Å². The third-order valence-electron chi connectivity index (χ3n) is 3.39. The number of aromatic amines is 1. The third kappa shape index (κ3) is 3.67. The molecule has 24 heavy (non-hydrogen) atoms. The average molecular weight is 323 g/mol. The molecule has 0 aliphatic heterocycles. The van der Waals surface area contributed by atoms with E-state index in [9.17, 15) is 0 Å². The molecule has 8 heteroatoms. The molecule has 3 rings (SSSR count). The molecule has 3 N–H and O–H groups in total. The first-order valence-electron chi connectivity index (χ1n) is 7.44. The van der Waals surface area contributed by atoms with Gasteiger partial charge < -0.3 is 4.57 Å². The molecular weight excluding hydrogens is 304 g/mol. The summed E-state index contributed by atoms with van der Waals surface area (Å²) >= 11 is 0. The molecule has 0 aliphatic rings. The SMILES string of the molecule is Cn1cccc/c1=N/N=C(\NNc1cccc[n+]1C)c1cc[nH]n1. The van der Waals surface area contributed by atoms with Gasteiger partial charge in [-0.1, -0.05) is 12.1 Å². The van der Waals surface area contributed by atoms with E-state index in [0.29, 0.717) is 11.5 Å². The van der Waals surface area contributed by atoms with Gasteiger partial charge in [0.2, 0.25) is 5.84 Å². The number of anilines is 1. The zero-order valence-corrected chi connectivity index (χ0v) is 13.5. The summed E-state index contributed by atoms with van der Waals surface area (Å²) in [5.74, 6) is 1.38. The summed E-state index contributed by atoms with van der Waals surface area (Å²) in [6.07, 6.45) is 5.60. The first kappa shape index (κ1) is 15.5. The standard InChI is InChI=1S/C16H18N8/c1-23-11-5-3-7-14(23)19-21-16(13-9-10-17-18-13)22-20-15-8-4-6-12-24(15)2/h3-12H,1-2H3,(H2,17,18,21,22)/p+1/b19-14-. The highest BCUT2D eigenvalue weighted by Crippen LogP contribution is 1.98. The summed E-state index contributed by atoms with van der Waals surface area (Å²) in [7, 11) is 3.86. The molecule has 0 radical (unpaired) electrons. The Morgan fingerprint density at radius 1 is 1.21 bits per heavy atom. The zero-order valence-electron chi connectivity index (χ0n) is 13.5. The van der Waals surface area contributed by atoms with Gasteiger partial charge in [-0.2, -0.15) is 10.5 Å². The van der Waals surface area contributed by atoms with Crippen molar-refractivity contribution < 1.29 is 4.57 Å². The van der Waals surface area contributed by atoms with E-state index in [0.717, 1.165) is 11.3 Å². The Balaban J connectivity index is 1.88. The van der Waals surface area contributed by atoms with Crippen LogP contribution in [0, 0.1) is 0 Å². The van der Waals surface area contributed by atoms with Gasteiger partial charge in [-0.05, 0) is 24.3 Å². The van der Waals surface area contributed by atoms with Crippen LogP contribution in [0.3, 0.4) is 0 Å². The highest BCUT2D eigenvalue weighted by Gasteiger charge is 2.10. The van der Waals surface area contributed by atoms with Crippen molar-refractivity contribution in [3.05, 3.63) is 72.2 Å². The quantitative estimate of drug-likeness (QED) is 0.282. The molecule has 0 atom stereocenters. The second-order valence-corrected chi connectivity index (χ2v) is 5.12. The van der Waals surface area contributed by atoms with Crippen LogP contribution in [0.4, 0.5) is 5.82 Å². The monoisotopic (exact) mass is 323 g/mol. The largest absolute Gasteiger partial charge is 0.335 e. The number of hydrogen-bond acceptors (Lipinski definition) is 4. The van der Waals surface area contributed by atoms with Crippen molar-refractivity contribution in [1.82, 2.24) is 20.2 Å². The highest BCUT2D eigenvalue weighted by molar-refractivity contribution is 5.97. The molecule has 0 unspecified atom stereocenters. The van der Waals surface area contributed by atoms with Gasteiger partial charge in [-0.25, -0.2) is 9.99 Å². The van der Waals surface area contributed by atoms with Gasteiger partial charge in [0.25, 0.3) is 5.82 Å². The van der Waals surface area contributed by atoms with E-state index in [1.165, 1.54) is 0 Å². The van der Waals surface area contributed by atoms with E-state index >= 15 is 0 Å². The molecule has 122 valence electrons. The van der Waals surface area contributed by atoms with Crippen LogP contribution in [0.2, 0.25) is 0 Å². The van der Waals surface area contributed by atoms with Gasteiger partial charge >= 0.3 is 0 Å². The van der Waals surface area contributed by atoms with E-state index < -0.39 is 0 Å². The van der Waals surface area contributed by atoms with Crippen LogP contribution < -0.4 is 20.9 Å². The fraction of sp³-hybridized carbons (Fsp3) is 0.125. The molecule has 3 aromatic rings. The second-order valence-electron chi connectivity index (χ2n) is 5.12. The van der Waals surface area contributed by atoms with Gasteiger partial charge in [-0.15, -0.1) is 10.2 Å². The number of rotatable bonds is 4. The summed E-state index contributed by atoms with van der Waals surface area (Å²) in [6.45, 7) is 0. The smallest absolute Gasteiger partial charge is 0.297 e. The van der Waals surface area contributed by atoms with E-state index in [-0.39, 0.29) is 0 Å². The second kappa shape index (κ2) is 7.23. The maximum absolute atomic E-state index is 4.30. The van der Waals surface area contributed by atoms with E-state index in [4.69, 9.17) is 0 Å². The Kier molecular flexibility index (Phi) is 4.66. The fourth-order valence-electron chi connectivity index (χ4n) is 2.03. The lowest BCUT2D eigenvalue weighted by molar-refractivity contribution is -0.657. The van der Waals surface area contributed by atoms with Crippen LogP contribution in [0.5, 0.6) is 0 Å². The maximum Gasteiger partial charge on any atom is 0.297 e. The Bertz CT molecular complexity index is 892. The first-order valence-corrected chi connectivity index (χ1v) is 7.44. The number of H-pyrrole nitrogens is 1. The molecule has 0 saturated carbocycles. The van der Waals surface area contributed by atoms with Crippen molar-refractivity contribution in [1.29, 1.82) is 0 Å². The zero-order chi connectivity index (χ0) is 16.8. The molecule has 0 saturated heterocycles. The predicted molar refractivity (Wildman–Crippen MR) is 90.5 cm³/mol. The Labute approximate surface area is 139 Å². The van der Waals surface area contributed by atoms with Gasteiger partial charge in [0, 0.05) is 25.5 Å². The summed E-state index contributed by atoms with van der Waals surface area (Å²) in [5, 5.41) is 15.5. The van der Waals surface area contributed by atoms with Crippen molar-refractivity contribution in [3.8, 4) is 0 Å². The summed E-state index contributed by atoms with van der Waals surface area (Å²) in [4.78, 5) is 0. The normalized spacial score (nSPS) is 12.2. The maximum atomic E-state index is 4.30. The number of aryl methyl sites for hydroxylation is 2. The van der Waals surface area contributed by atoms with Gasteiger partial charge in [0.15, 0.2) is 5.49 Å². The Morgan fingerprint density at radius 3 is 2.83 bits per heavy atom. The summed E-state index contributed by atoms with van der Waals surface area (Å²) < 4.78 is 3.83. The minimum absolute atomic E-state index is 0.504. The highest BCUT2D eigenvalue weighted by atomic mass is 15.4. The van der Waals surface area contributed by atoms with Crippen LogP contribution in [-0.2, 0) is 14.1 Å². The van der Waals surface area contributed by atoms with Crippen LogP contribution in [0.15, 0.2) is 71.3 Å². The van der Waals surface area contributed by atoms with Crippen molar-refractivity contribution in [2.75, 3.05) is 5.43 Å². The number of aromatic nitrogens is 4. The molecule has 3 aromatic heterocycles. The molecule has 0 fully saturated rings. The predicted octanol–water partition coefficient (Wildman–Crippen LogP) is 0.452. The molecule has 0 amide bonds. The molecule has 3 heterocycles. The number of amidine groups is 1. The lowest BCUT2D eigenvalue weighted by atomic mass is 10.4. The van der Waals surface area contributed by atoms with Crippen molar-refractivity contribution in [2.45, 2.75) is 0 Å². The van der Waals surface area contributed by atoms with E-state index in [1.54, 1.807) is 6.20 Å². The van der Waals surface area contributed by atoms with Crippen molar-refractivity contribution in [3.63, 3.8) is 0 Å². The van der Waals surface area contributed by atoms with Gasteiger partial charge in [0.1, 0.15) is 5.69 Å². The molecule has 0 spiro atoms.